The second-order valence-electron chi connectivity index (χ2n) is 20.9. The molecular weight excluding hydrogens is 717 g/mol. The van der Waals surface area contributed by atoms with Gasteiger partial charge in [0.1, 0.15) is 11.5 Å². The van der Waals surface area contributed by atoms with E-state index in [2.05, 4.69) is 46.2 Å². The molecule has 4 bridgehead atoms. The van der Waals surface area contributed by atoms with Gasteiger partial charge < -0.3 is 9.47 Å². The summed E-state index contributed by atoms with van der Waals surface area (Å²) in [6.07, 6.45) is 31.0. The number of unbranched alkanes of at least 4 members (excludes halogenated alkanes) is 5. The van der Waals surface area contributed by atoms with Gasteiger partial charge in [0.2, 0.25) is 0 Å². The van der Waals surface area contributed by atoms with Crippen LogP contribution >= 0.6 is 0 Å². The maximum Gasteiger partial charge on any atom is 0.311 e. The Morgan fingerprint density at radius 3 is 1.41 bits per heavy atom. The maximum atomic E-state index is 13.0. The van der Waals surface area contributed by atoms with Crippen molar-refractivity contribution in [1.29, 1.82) is 0 Å². The van der Waals surface area contributed by atoms with Gasteiger partial charge in [-0.2, -0.15) is 0 Å². The van der Waals surface area contributed by atoms with Crippen LogP contribution in [0.25, 0.3) is 0 Å². The molecule has 2 aromatic rings. The van der Waals surface area contributed by atoms with Crippen molar-refractivity contribution in [3.8, 4) is 11.5 Å². The largest absolute Gasteiger partial charge is 0.427 e. The SMILES string of the molecule is O=C(CCCCCCCCC(=O)Oc1ccc2c(c1)[C@@]13CCCC[C@H]1[C@@H](C2)N(CC1CCC1)CC3)Oc1ccc2c(c1)[C@]13CCCC[C@@H]1[C@H](C2)N(CC1CCC1)CC3. The predicted octanol–water partition coefficient (Wildman–Crippen LogP) is 11.0. The molecule has 6 heteroatoms. The normalized spacial score (nSPS) is 31.8. The first-order valence-corrected chi connectivity index (χ1v) is 24.6. The lowest BCUT2D eigenvalue weighted by molar-refractivity contribution is -0.135. The van der Waals surface area contributed by atoms with Crippen molar-refractivity contribution in [3.63, 3.8) is 0 Å². The Kier molecular flexibility index (Phi) is 11.5. The summed E-state index contributed by atoms with van der Waals surface area (Å²) in [5, 5.41) is 0. The third-order valence-electron chi connectivity index (χ3n) is 17.8. The molecule has 0 unspecified atom stereocenters. The number of likely N-dealkylation sites (tertiary alicyclic amines) is 2. The fourth-order valence-corrected chi connectivity index (χ4v) is 14.3. The van der Waals surface area contributed by atoms with Gasteiger partial charge in [-0.1, -0.05) is 76.3 Å². The van der Waals surface area contributed by atoms with Crippen LogP contribution in [-0.2, 0) is 33.3 Å². The summed E-state index contributed by atoms with van der Waals surface area (Å²) in [4.78, 5) is 31.8. The number of hydrogen-bond acceptors (Lipinski definition) is 6. The van der Waals surface area contributed by atoms with Crippen molar-refractivity contribution < 1.29 is 19.1 Å². The van der Waals surface area contributed by atoms with E-state index in [4.69, 9.17) is 9.47 Å². The summed E-state index contributed by atoms with van der Waals surface area (Å²) in [5.41, 5.74) is 6.61. The van der Waals surface area contributed by atoms with Crippen LogP contribution in [0.4, 0.5) is 0 Å². The number of carbonyl (C=O) groups is 2. The maximum absolute atomic E-state index is 13.0. The molecule has 314 valence electrons. The number of fused-ring (bicyclic) bond motifs is 2. The summed E-state index contributed by atoms with van der Waals surface area (Å²) in [6, 6.07) is 14.7. The van der Waals surface area contributed by atoms with Crippen LogP contribution in [0.5, 0.6) is 11.5 Å². The van der Waals surface area contributed by atoms with E-state index in [9.17, 15) is 9.59 Å². The van der Waals surface area contributed by atoms with Crippen molar-refractivity contribution in [2.75, 3.05) is 26.2 Å². The molecule has 6 atom stereocenters. The molecule has 8 aliphatic rings. The highest BCUT2D eigenvalue weighted by atomic mass is 16.5. The van der Waals surface area contributed by atoms with E-state index in [1.807, 2.05) is 0 Å². The van der Waals surface area contributed by atoms with Gasteiger partial charge >= 0.3 is 11.9 Å². The summed E-state index contributed by atoms with van der Waals surface area (Å²) < 4.78 is 12.0. The van der Waals surface area contributed by atoms with Crippen molar-refractivity contribution in [3.05, 3.63) is 58.7 Å². The average Bonchev–Trinajstić information content (AvgIpc) is 3.20. The highest BCUT2D eigenvalue weighted by molar-refractivity contribution is 5.73. The van der Waals surface area contributed by atoms with E-state index in [-0.39, 0.29) is 22.8 Å². The second kappa shape index (κ2) is 17.0. The molecule has 0 N–H and O–H groups in total. The minimum absolute atomic E-state index is 0.0978. The number of rotatable bonds is 15. The molecule has 10 rings (SSSR count). The Morgan fingerprint density at radius 2 is 0.983 bits per heavy atom. The second-order valence-corrected chi connectivity index (χ2v) is 20.9. The molecule has 2 aromatic carbocycles. The smallest absolute Gasteiger partial charge is 0.311 e. The van der Waals surface area contributed by atoms with Crippen molar-refractivity contribution in [2.24, 2.45) is 23.7 Å². The Hall–Kier alpha value is -2.70. The fourth-order valence-electron chi connectivity index (χ4n) is 14.3. The number of ether oxygens (including phenoxy) is 2. The third kappa shape index (κ3) is 7.62. The Bertz CT molecular complexity index is 1670. The molecule has 58 heavy (non-hydrogen) atoms. The van der Waals surface area contributed by atoms with Crippen LogP contribution in [0.15, 0.2) is 36.4 Å². The van der Waals surface area contributed by atoms with Crippen LogP contribution in [-0.4, -0.2) is 60.0 Å². The lowest BCUT2D eigenvalue weighted by atomic mass is 9.52. The van der Waals surface area contributed by atoms with Gasteiger partial charge in [-0.05, 0) is 173 Å². The number of piperidine rings is 2. The minimum Gasteiger partial charge on any atom is -0.427 e. The Balaban J connectivity index is 0.649. The van der Waals surface area contributed by atoms with Gasteiger partial charge in [0.15, 0.2) is 0 Å². The van der Waals surface area contributed by atoms with Crippen LogP contribution in [0.2, 0.25) is 0 Å². The number of hydrogen-bond donors (Lipinski definition) is 0. The third-order valence-corrected chi connectivity index (χ3v) is 17.8. The van der Waals surface area contributed by atoms with Gasteiger partial charge in [-0.25, -0.2) is 0 Å². The zero-order chi connectivity index (χ0) is 39.1. The van der Waals surface area contributed by atoms with Crippen LogP contribution in [0.1, 0.15) is 176 Å². The first-order chi connectivity index (χ1) is 28.5. The molecule has 6 nitrogen and oxygen atoms in total. The zero-order valence-electron chi connectivity index (χ0n) is 35.7. The Morgan fingerprint density at radius 1 is 0.534 bits per heavy atom. The molecule has 2 aliphatic heterocycles. The number of benzene rings is 2. The lowest BCUT2D eigenvalue weighted by Gasteiger charge is -2.59. The highest BCUT2D eigenvalue weighted by Crippen LogP contribution is 2.58. The standard InChI is InChI=1S/C52H72N2O4/c55-49(57-41-23-21-39-31-47-43-17-7-9-25-51(43,45(39)33-41)27-29-53(47)35-37-13-11-14-37)19-5-3-1-2-4-6-20-50(56)58-42-24-22-40-32-48-44-18-8-10-26-52(44,46(40)34-42)28-30-54(48)36-38-15-12-16-38/h21-24,33-34,37-38,43-44,47-48H,1-20,25-32,35-36H2/t43-,44+,47+,48-,51+,52-. The predicted molar refractivity (Wildman–Crippen MR) is 230 cm³/mol. The van der Waals surface area contributed by atoms with Gasteiger partial charge in [0, 0.05) is 48.8 Å². The molecule has 4 saturated carbocycles. The van der Waals surface area contributed by atoms with Gasteiger partial charge in [-0.3, -0.25) is 19.4 Å². The molecule has 2 saturated heterocycles. The van der Waals surface area contributed by atoms with Crippen molar-refractivity contribution in [1.82, 2.24) is 9.80 Å². The van der Waals surface area contributed by atoms with Crippen LogP contribution in [0.3, 0.4) is 0 Å². The molecule has 0 spiro atoms. The minimum atomic E-state index is -0.0978. The topological polar surface area (TPSA) is 59.1 Å². The molecule has 0 aromatic heterocycles. The van der Waals surface area contributed by atoms with Gasteiger partial charge in [-0.15, -0.1) is 0 Å². The molecule has 0 radical (unpaired) electrons. The van der Waals surface area contributed by atoms with Crippen molar-refractivity contribution in [2.45, 2.75) is 190 Å². The summed E-state index contributed by atoms with van der Waals surface area (Å²) >= 11 is 0. The summed E-state index contributed by atoms with van der Waals surface area (Å²) in [7, 11) is 0. The van der Waals surface area contributed by atoms with E-state index in [1.54, 1.807) is 0 Å². The van der Waals surface area contributed by atoms with E-state index in [0.29, 0.717) is 24.9 Å². The number of esters is 2. The summed E-state index contributed by atoms with van der Waals surface area (Å²) in [6.45, 7) is 5.10. The lowest BCUT2D eigenvalue weighted by Crippen LogP contribution is -2.61. The van der Waals surface area contributed by atoms with Gasteiger partial charge in [0.25, 0.3) is 0 Å². The quantitative estimate of drug-likeness (QED) is 0.102. The first kappa shape index (κ1) is 39.4. The molecule has 6 aliphatic carbocycles. The number of carbonyl (C=O) groups excluding carboxylic acids is 2. The monoisotopic (exact) mass is 789 g/mol. The van der Waals surface area contributed by atoms with Gasteiger partial charge in [0.05, 0.1) is 0 Å². The van der Waals surface area contributed by atoms with Crippen LogP contribution in [0, 0.1) is 23.7 Å². The van der Waals surface area contributed by atoms with Crippen LogP contribution < -0.4 is 9.47 Å². The molecule has 6 fully saturated rings. The highest BCUT2D eigenvalue weighted by Gasteiger charge is 2.55. The molecule has 2 heterocycles. The average molecular weight is 789 g/mol. The molecular formula is C52H72N2O4. The first-order valence-electron chi connectivity index (χ1n) is 24.6. The van der Waals surface area contributed by atoms with Crippen molar-refractivity contribution >= 4 is 11.9 Å². The fraction of sp³-hybridized carbons (Fsp3) is 0.731. The Labute approximate surface area is 349 Å². The molecule has 0 amide bonds. The van der Waals surface area contributed by atoms with E-state index in [1.165, 1.54) is 164 Å². The van der Waals surface area contributed by atoms with E-state index in [0.717, 1.165) is 73.7 Å². The summed E-state index contributed by atoms with van der Waals surface area (Å²) in [5.74, 6) is 4.68. The number of nitrogens with zero attached hydrogens (tertiary/aromatic N) is 2. The van der Waals surface area contributed by atoms with E-state index >= 15 is 0 Å². The van der Waals surface area contributed by atoms with E-state index < -0.39 is 0 Å². The zero-order valence-corrected chi connectivity index (χ0v) is 35.7.